The van der Waals surface area contributed by atoms with Gasteiger partial charge in [0, 0.05) is 18.8 Å². The van der Waals surface area contributed by atoms with E-state index in [-0.39, 0.29) is 24.0 Å². The van der Waals surface area contributed by atoms with Gasteiger partial charge in [-0.15, -0.1) is 0 Å². The van der Waals surface area contributed by atoms with Gasteiger partial charge in [-0.2, -0.15) is 20.1 Å². The van der Waals surface area contributed by atoms with E-state index in [1.807, 2.05) is 30.3 Å². The predicted molar refractivity (Wildman–Crippen MR) is 121 cm³/mol. The molecule has 3 aromatic rings. The number of nitro groups is 1. The highest BCUT2D eigenvalue weighted by molar-refractivity contribution is 5.87. The number of fused-ring (bicyclic) bond motifs is 1. The first-order valence-corrected chi connectivity index (χ1v) is 10.4. The average Bonchev–Trinajstić information content (AvgIpc) is 3.51. The second kappa shape index (κ2) is 8.94. The Balaban J connectivity index is 1.41. The number of nitro benzene ring substituents is 1. The van der Waals surface area contributed by atoms with Gasteiger partial charge in [-0.3, -0.25) is 10.1 Å². The molecule has 2 aromatic carbocycles. The van der Waals surface area contributed by atoms with Crippen molar-refractivity contribution in [3.05, 3.63) is 58.1 Å². The molecule has 0 radical (unpaired) electrons. The van der Waals surface area contributed by atoms with Crippen LogP contribution in [-0.2, 0) is 0 Å². The molecule has 0 spiro atoms. The molecule has 0 saturated carbocycles. The second-order valence-electron chi connectivity index (χ2n) is 7.36. The van der Waals surface area contributed by atoms with Gasteiger partial charge < -0.3 is 19.7 Å². The summed E-state index contributed by atoms with van der Waals surface area (Å²) in [6.45, 7) is 1.74. The van der Waals surface area contributed by atoms with Crippen LogP contribution in [0.5, 0.6) is 11.5 Å². The highest BCUT2D eigenvalue weighted by Gasteiger charge is 2.22. The van der Waals surface area contributed by atoms with E-state index in [0.717, 1.165) is 31.6 Å². The van der Waals surface area contributed by atoms with E-state index >= 15 is 0 Å². The maximum Gasteiger partial charge on any atom is 0.282 e. The summed E-state index contributed by atoms with van der Waals surface area (Å²) in [4.78, 5) is 26.4. The van der Waals surface area contributed by atoms with Gasteiger partial charge in [0.2, 0.25) is 24.6 Å². The minimum Gasteiger partial charge on any atom is -0.454 e. The van der Waals surface area contributed by atoms with Gasteiger partial charge in [0.15, 0.2) is 11.5 Å². The van der Waals surface area contributed by atoms with Crippen molar-refractivity contribution in [1.29, 1.82) is 0 Å². The fourth-order valence-corrected chi connectivity index (χ4v) is 3.55. The number of benzene rings is 2. The van der Waals surface area contributed by atoms with E-state index in [1.165, 1.54) is 18.3 Å². The Kier molecular flexibility index (Phi) is 5.54. The Bertz CT molecular complexity index is 1200. The molecule has 0 aliphatic carbocycles. The highest BCUT2D eigenvalue weighted by Crippen LogP contribution is 2.37. The third-order valence-corrected chi connectivity index (χ3v) is 5.13. The normalized spacial score (nSPS) is 14.6. The van der Waals surface area contributed by atoms with Gasteiger partial charge in [-0.25, -0.2) is 5.43 Å². The van der Waals surface area contributed by atoms with Crippen LogP contribution in [0.2, 0.25) is 0 Å². The number of nitrogens with zero attached hydrogens (tertiary/aromatic N) is 6. The van der Waals surface area contributed by atoms with Gasteiger partial charge in [0.1, 0.15) is 0 Å². The number of anilines is 4. The third kappa shape index (κ3) is 4.59. The lowest BCUT2D eigenvalue weighted by atomic mass is 10.1. The molecule has 33 heavy (non-hydrogen) atoms. The van der Waals surface area contributed by atoms with Gasteiger partial charge in [0.25, 0.3) is 5.69 Å². The SMILES string of the molecule is O=[N+]([O-])c1cc2c(cc1/C=N/Nc1nc(Nc3ccccc3)nc(N3CCCC3)n1)OCO2. The van der Waals surface area contributed by atoms with Crippen LogP contribution in [0.15, 0.2) is 47.6 Å². The van der Waals surface area contributed by atoms with Crippen molar-refractivity contribution < 1.29 is 14.4 Å². The number of hydrazone groups is 1. The summed E-state index contributed by atoms with van der Waals surface area (Å²) in [6.07, 6.45) is 3.47. The molecule has 2 aliphatic heterocycles. The first kappa shape index (κ1) is 20.4. The molecule has 3 heterocycles. The number of hydrogen-bond donors (Lipinski definition) is 2. The van der Waals surface area contributed by atoms with Crippen LogP contribution in [0.25, 0.3) is 0 Å². The number of nitrogens with one attached hydrogen (secondary N) is 2. The first-order chi connectivity index (χ1) is 16.2. The summed E-state index contributed by atoms with van der Waals surface area (Å²) >= 11 is 0. The average molecular weight is 448 g/mol. The molecule has 0 unspecified atom stereocenters. The quantitative estimate of drug-likeness (QED) is 0.314. The van der Waals surface area contributed by atoms with Crippen molar-refractivity contribution in [2.24, 2.45) is 5.10 Å². The van der Waals surface area contributed by atoms with E-state index in [2.05, 4.69) is 35.7 Å². The Morgan fingerprint density at radius 2 is 1.76 bits per heavy atom. The zero-order valence-corrected chi connectivity index (χ0v) is 17.5. The summed E-state index contributed by atoms with van der Waals surface area (Å²) in [6, 6.07) is 12.4. The molecule has 1 aromatic heterocycles. The first-order valence-electron chi connectivity index (χ1n) is 10.4. The lowest BCUT2D eigenvalue weighted by molar-refractivity contribution is -0.385. The Hall–Kier alpha value is -4.48. The lowest BCUT2D eigenvalue weighted by Crippen LogP contribution is -2.21. The summed E-state index contributed by atoms with van der Waals surface area (Å²) in [5.74, 6) is 1.87. The zero-order chi connectivity index (χ0) is 22.6. The molecular weight excluding hydrogens is 428 g/mol. The molecule has 0 amide bonds. The Labute approximate surface area is 188 Å². The van der Waals surface area contributed by atoms with Crippen LogP contribution in [-0.4, -0.2) is 46.0 Å². The largest absolute Gasteiger partial charge is 0.454 e. The minimum atomic E-state index is -0.500. The Morgan fingerprint density at radius 1 is 1.03 bits per heavy atom. The highest BCUT2D eigenvalue weighted by atomic mass is 16.7. The number of aromatic nitrogens is 3. The monoisotopic (exact) mass is 448 g/mol. The molecule has 2 aliphatic rings. The molecule has 2 N–H and O–H groups in total. The topological polar surface area (TPSA) is 140 Å². The van der Waals surface area contributed by atoms with E-state index in [4.69, 9.17) is 9.47 Å². The zero-order valence-electron chi connectivity index (χ0n) is 17.5. The summed E-state index contributed by atoms with van der Waals surface area (Å²) < 4.78 is 10.5. The standard InChI is InChI=1S/C21H20N8O4/c30-29(31)16-11-18-17(32-13-33-18)10-14(16)12-22-27-20-24-19(23-15-6-2-1-3-7-15)25-21(26-20)28-8-4-5-9-28/h1-3,6-7,10-12H,4-5,8-9,13H2,(H2,23,24,25,26,27)/b22-12+. The van der Waals surface area contributed by atoms with E-state index in [9.17, 15) is 10.1 Å². The molecule has 12 heteroatoms. The maximum absolute atomic E-state index is 11.4. The predicted octanol–water partition coefficient (Wildman–Crippen LogP) is 3.30. The number of para-hydroxylation sites is 1. The van der Waals surface area contributed by atoms with E-state index < -0.39 is 4.92 Å². The van der Waals surface area contributed by atoms with Crippen molar-refractivity contribution >= 4 is 35.4 Å². The van der Waals surface area contributed by atoms with Crippen LogP contribution in [0.1, 0.15) is 18.4 Å². The van der Waals surface area contributed by atoms with Crippen molar-refractivity contribution in [3.63, 3.8) is 0 Å². The molecule has 1 fully saturated rings. The van der Waals surface area contributed by atoms with Gasteiger partial charge in [-0.1, -0.05) is 18.2 Å². The van der Waals surface area contributed by atoms with Gasteiger partial charge in [-0.05, 0) is 31.0 Å². The van der Waals surface area contributed by atoms with Gasteiger partial charge in [0.05, 0.1) is 22.8 Å². The molecule has 168 valence electrons. The number of rotatable bonds is 7. The lowest BCUT2D eigenvalue weighted by Gasteiger charge is -2.16. The van der Waals surface area contributed by atoms with E-state index in [1.54, 1.807) is 0 Å². The molecule has 0 bridgehead atoms. The molecule has 5 rings (SSSR count). The number of hydrogen-bond acceptors (Lipinski definition) is 11. The van der Waals surface area contributed by atoms with Gasteiger partial charge >= 0.3 is 0 Å². The fourth-order valence-electron chi connectivity index (χ4n) is 3.55. The van der Waals surface area contributed by atoms with Crippen LogP contribution in [0, 0.1) is 10.1 Å². The van der Waals surface area contributed by atoms with Crippen molar-refractivity contribution in [2.75, 3.05) is 35.5 Å². The van der Waals surface area contributed by atoms with Crippen LogP contribution in [0.3, 0.4) is 0 Å². The van der Waals surface area contributed by atoms with Crippen LogP contribution in [0.4, 0.5) is 29.2 Å². The Morgan fingerprint density at radius 3 is 2.52 bits per heavy atom. The van der Waals surface area contributed by atoms with Crippen molar-refractivity contribution in [2.45, 2.75) is 12.8 Å². The van der Waals surface area contributed by atoms with Crippen molar-refractivity contribution in [1.82, 2.24) is 15.0 Å². The summed E-state index contributed by atoms with van der Waals surface area (Å²) in [7, 11) is 0. The number of ether oxygens (including phenoxy) is 2. The summed E-state index contributed by atoms with van der Waals surface area (Å²) in [5, 5.41) is 18.7. The fraction of sp³-hybridized carbons (Fsp3) is 0.238. The molecule has 0 atom stereocenters. The third-order valence-electron chi connectivity index (χ3n) is 5.13. The minimum absolute atomic E-state index is 0.0205. The van der Waals surface area contributed by atoms with Crippen LogP contribution >= 0.6 is 0 Å². The van der Waals surface area contributed by atoms with Crippen LogP contribution < -0.4 is 25.1 Å². The maximum atomic E-state index is 11.4. The van der Waals surface area contributed by atoms with Crippen molar-refractivity contribution in [3.8, 4) is 11.5 Å². The molecule has 1 saturated heterocycles. The smallest absolute Gasteiger partial charge is 0.282 e. The molecule has 12 nitrogen and oxygen atoms in total. The second-order valence-corrected chi connectivity index (χ2v) is 7.36. The summed E-state index contributed by atoms with van der Waals surface area (Å²) in [5.41, 5.74) is 3.71. The molecular formula is C21H20N8O4. The van der Waals surface area contributed by atoms with E-state index in [0.29, 0.717) is 23.4 Å².